The number of hydrogen-bond donors (Lipinski definition) is 2. The van der Waals surface area contributed by atoms with E-state index >= 15 is 0 Å². The van der Waals surface area contributed by atoms with Crippen LogP contribution in [0.15, 0.2) is 0 Å². The van der Waals surface area contributed by atoms with Crippen molar-refractivity contribution in [2.24, 2.45) is 11.7 Å². The van der Waals surface area contributed by atoms with Crippen molar-refractivity contribution in [3.63, 3.8) is 0 Å². The third-order valence-electron chi connectivity index (χ3n) is 3.24. The summed E-state index contributed by atoms with van der Waals surface area (Å²) in [6.45, 7) is 8.47. The number of nitrogens with zero attached hydrogens (tertiary/aromatic N) is 1. The second-order valence-corrected chi connectivity index (χ2v) is 5.43. The van der Waals surface area contributed by atoms with Crippen LogP contribution in [-0.2, 0) is 4.79 Å². The summed E-state index contributed by atoms with van der Waals surface area (Å²) in [5.41, 5.74) is 5.62. The summed E-state index contributed by atoms with van der Waals surface area (Å²) >= 11 is 0. The van der Waals surface area contributed by atoms with Gasteiger partial charge in [-0.3, -0.25) is 4.79 Å². The van der Waals surface area contributed by atoms with Crippen LogP contribution in [0.25, 0.3) is 0 Å². The van der Waals surface area contributed by atoms with Gasteiger partial charge in [0.05, 0.1) is 0 Å². The van der Waals surface area contributed by atoms with E-state index in [9.17, 15) is 4.79 Å². The van der Waals surface area contributed by atoms with Crippen LogP contribution in [0.4, 0.5) is 0 Å². The number of hydrogen-bond acceptors (Lipinski definition) is 3. The molecule has 0 aromatic heterocycles. The molecule has 0 aliphatic carbocycles. The van der Waals surface area contributed by atoms with E-state index in [-0.39, 0.29) is 36.8 Å². The normalized spacial score (nSPS) is 18.1. The maximum Gasteiger partial charge on any atom is 0.220 e. The molecule has 19 heavy (non-hydrogen) atoms. The Bertz CT molecular complexity index is 234. The molecule has 0 aromatic rings. The van der Waals surface area contributed by atoms with E-state index in [0.29, 0.717) is 12.3 Å². The Morgan fingerprint density at radius 3 is 2.37 bits per heavy atom. The quantitative estimate of drug-likeness (QED) is 0.753. The van der Waals surface area contributed by atoms with Gasteiger partial charge in [-0.2, -0.15) is 0 Å². The molecular formula is C13H29Cl2N3O. The number of likely N-dealkylation sites (tertiary alicyclic amines) is 1. The van der Waals surface area contributed by atoms with Crippen LogP contribution in [0.5, 0.6) is 0 Å². The minimum atomic E-state index is 0. The number of nitrogens with two attached hydrogens (primary N) is 1. The van der Waals surface area contributed by atoms with Gasteiger partial charge < -0.3 is 16.0 Å². The first-order valence-electron chi connectivity index (χ1n) is 6.82. The molecule has 4 nitrogen and oxygen atoms in total. The Labute approximate surface area is 129 Å². The van der Waals surface area contributed by atoms with E-state index in [4.69, 9.17) is 5.73 Å². The van der Waals surface area contributed by atoms with Gasteiger partial charge in [-0.25, -0.2) is 0 Å². The fourth-order valence-corrected chi connectivity index (χ4v) is 2.21. The van der Waals surface area contributed by atoms with Crippen LogP contribution >= 0.6 is 24.8 Å². The highest BCUT2D eigenvalue weighted by molar-refractivity contribution is 5.85. The monoisotopic (exact) mass is 313 g/mol. The van der Waals surface area contributed by atoms with Crippen molar-refractivity contribution >= 4 is 30.7 Å². The molecular weight excluding hydrogens is 285 g/mol. The molecule has 1 aliphatic rings. The van der Waals surface area contributed by atoms with Gasteiger partial charge in [0.1, 0.15) is 0 Å². The Balaban J connectivity index is 0. The fourth-order valence-electron chi connectivity index (χ4n) is 2.21. The molecule has 3 N–H and O–H groups in total. The summed E-state index contributed by atoms with van der Waals surface area (Å²) in [6.07, 6.45) is 3.97. The molecule has 0 aromatic carbocycles. The van der Waals surface area contributed by atoms with Gasteiger partial charge in [0.25, 0.3) is 0 Å². The average Bonchev–Trinajstić information content (AvgIpc) is 2.76. The average molecular weight is 314 g/mol. The van der Waals surface area contributed by atoms with Crippen molar-refractivity contribution in [1.82, 2.24) is 10.2 Å². The number of nitrogens with one attached hydrogen (secondary N) is 1. The van der Waals surface area contributed by atoms with Crippen LogP contribution in [0, 0.1) is 5.92 Å². The first kappa shape index (κ1) is 21.3. The third-order valence-corrected chi connectivity index (χ3v) is 3.24. The zero-order valence-corrected chi connectivity index (χ0v) is 13.7. The van der Waals surface area contributed by atoms with Crippen LogP contribution < -0.4 is 11.1 Å². The van der Waals surface area contributed by atoms with Gasteiger partial charge in [-0.15, -0.1) is 24.8 Å². The summed E-state index contributed by atoms with van der Waals surface area (Å²) in [5, 5.41) is 2.99. The lowest BCUT2D eigenvalue weighted by Crippen LogP contribution is -2.34. The number of amides is 1. The van der Waals surface area contributed by atoms with E-state index in [0.717, 1.165) is 19.5 Å². The molecule has 1 fully saturated rings. The molecule has 1 amide bonds. The number of halogens is 2. The van der Waals surface area contributed by atoms with E-state index in [1.54, 1.807) is 0 Å². The second kappa shape index (κ2) is 11.8. The largest absolute Gasteiger partial charge is 0.356 e. The molecule has 2 atom stereocenters. The SMILES string of the molecule is CC(N)CCC(=O)NCC(C)CN1CCCC1.Cl.Cl. The molecule has 1 heterocycles. The lowest BCUT2D eigenvalue weighted by atomic mass is 10.1. The molecule has 0 bridgehead atoms. The lowest BCUT2D eigenvalue weighted by Gasteiger charge is -2.20. The van der Waals surface area contributed by atoms with Crippen molar-refractivity contribution in [3.05, 3.63) is 0 Å². The van der Waals surface area contributed by atoms with Gasteiger partial charge in [-0.1, -0.05) is 6.92 Å². The van der Waals surface area contributed by atoms with Gasteiger partial charge in [-0.05, 0) is 45.2 Å². The minimum Gasteiger partial charge on any atom is -0.356 e. The number of carbonyl (C=O) groups is 1. The zero-order valence-electron chi connectivity index (χ0n) is 12.1. The Morgan fingerprint density at radius 2 is 1.84 bits per heavy atom. The van der Waals surface area contributed by atoms with E-state index in [1.807, 2.05) is 6.92 Å². The first-order chi connectivity index (χ1) is 8.08. The fraction of sp³-hybridized carbons (Fsp3) is 0.923. The topological polar surface area (TPSA) is 58.4 Å². The van der Waals surface area contributed by atoms with E-state index < -0.39 is 0 Å². The lowest BCUT2D eigenvalue weighted by molar-refractivity contribution is -0.121. The summed E-state index contributed by atoms with van der Waals surface area (Å²) in [6, 6.07) is 0.114. The first-order valence-corrected chi connectivity index (χ1v) is 6.82. The molecule has 2 unspecified atom stereocenters. The van der Waals surface area contributed by atoms with Gasteiger partial charge in [0, 0.05) is 25.6 Å². The predicted octanol–water partition coefficient (Wildman–Crippen LogP) is 1.81. The predicted molar refractivity (Wildman–Crippen MR) is 85.2 cm³/mol. The maximum absolute atomic E-state index is 11.5. The summed E-state index contributed by atoms with van der Waals surface area (Å²) in [7, 11) is 0. The molecule has 116 valence electrons. The molecule has 0 saturated carbocycles. The molecule has 1 saturated heterocycles. The molecule has 0 spiro atoms. The molecule has 6 heteroatoms. The maximum atomic E-state index is 11.5. The molecule has 1 rings (SSSR count). The Hall–Kier alpha value is -0.0300. The van der Waals surface area contributed by atoms with Crippen LogP contribution in [0.2, 0.25) is 0 Å². The highest BCUT2D eigenvalue weighted by Crippen LogP contribution is 2.09. The Kier molecular flexibility index (Phi) is 13.2. The van der Waals surface area contributed by atoms with Gasteiger partial charge >= 0.3 is 0 Å². The number of carbonyl (C=O) groups excluding carboxylic acids is 1. The molecule has 1 aliphatic heterocycles. The molecule has 0 radical (unpaired) electrons. The summed E-state index contributed by atoms with van der Waals surface area (Å²) < 4.78 is 0. The smallest absolute Gasteiger partial charge is 0.220 e. The van der Waals surface area contributed by atoms with Gasteiger partial charge in [0.15, 0.2) is 0 Å². The zero-order chi connectivity index (χ0) is 12.7. The van der Waals surface area contributed by atoms with Crippen molar-refractivity contribution < 1.29 is 4.79 Å². The minimum absolute atomic E-state index is 0. The van der Waals surface area contributed by atoms with Gasteiger partial charge in [0.2, 0.25) is 5.91 Å². The Morgan fingerprint density at radius 1 is 1.26 bits per heavy atom. The second-order valence-electron chi connectivity index (χ2n) is 5.43. The number of rotatable bonds is 7. The highest BCUT2D eigenvalue weighted by Gasteiger charge is 2.15. The van der Waals surface area contributed by atoms with Crippen molar-refractivity contribution in [1.29, 1.82) is 0 Å². The third kappa shape index (κ3) is 10.4. The van der Waals surface area contributed by atoms with Crippen molar-refractivity contribution in [2.75, 3.05) is 26.2 Å². The highest BCUT2D eigenvalue weighted by atomic mass is 35.5. The van der Waals surface area contributed by atoms with Crippen molar-refractivity contribution in [2.45, 2.75) is 45.6 Å². The van der Waals surface area contributed by atoms with E-state index in [1.165, 1.54) is 25.9 Å². The van der Waals surface area contributed by atoms with Crippen molar-refractivity contribution in [3.8, 4) is 0 Å². The summed E-state index contributed by atoms with van der Waals surface area (Å²) in [5.74, 6) is 0.669. The standard InChI is InChI=1S/C13H27N3O.2ClH/c1-11(10-16-7-3-4-8-16)9-15-13(17)6-5-12(2)14;;/h11-12H,3-10,14H2,1-2H3,(H,15,17);2*1H. The van der Waals surface area contributed by atoms with Crippen LogP contribution in [-0.4, -0.2) is 43.0 Å². The van der Waals surface area contributed by atoms with E-state index in [2.05, 4.69) is 17.1 Å². The van der Waals surface area contributed by atoms with Crippen LogP contribution in [0.1, 0.15) is 39.5 Å². The summed E-state index contributed by atoms with van der Waals surface area (Å²) in [4.78, 5) is 14.0. The van der Waals surface area contributed by atoms with Crippen LogP contribution in [0.3, 0.4) is 0 Å².